The molecule has 7 aromatic rings. The van der Waals surface area contributed by atoms with Crippen molar-refractivity contribution in [3.8, 4) is 45.6 Å². The molecule has 9 heteroatoms. The summed E-state index contributed by atoms with van der Waals surface area (Å²) in [5, 5.41) is 3.71. The summed E-state index contributed by atoms with van der Waals surface area (Å²) in [6.45, 7) is 0.357. The first-order valence-corrected chi connectivity index (χ1v) is 13.7. The monoisotopic (exact) mass is 543 g/mol. The van der Waals surface area contributed by atoms with Crippen LogP contribution in [0.3, 0.4) is 0 Å². The molecule has 0 aliphatic carbocycles. The largest absolute Gasteiger partial charge is 0.326 e. The van der Waals surface area contributed by atoms with Gasteiger partial charge in [0.1, 0.15) is 22.6 Å². The number of hydrogen-bond donors (Lipinski definition) is 3. The third-order valence-corrected chi connectivity index (χ3v) is 7.89. The van der Waals surface area contributed by atoms with E-state index < -0.39 is 0 Å². The Morgan fingerprint density at radius 3 is 1.33 bits per heavy atom. The van der Waals surface area contributed by atoms with E-state index in [1.807, 2.05) is 91.0 Å². The molecular weight excluding hydrogens is 522 g/mol. The van der Waals surface area contributed by atoms with E-state index in [4.69, 9.17) is 35.6 Å². The second-order valence-electron chi connectivity index (χ2n) is 10.3. The quantitative estimate of drug-likeness (QED) is 0.220. The van der Waals surface area contributed by atoms with Crippen molar-refractivity contribution in [1.82, 2.24) is 39.9 Å². The second kappa shape index (κ2) is 8.60. The third-order valence-electron chi connectivity index (χ3n) is 7.89. The average Bonchev–Trinajstić information content (AvgIpc) is 3.76. The van der Waals surface area contributed by atoms with E-state index in [0.29, 0.717) is 52.4 Å². The number of rotatable bonds is 1. The van der Waals surface area contributed by atoms with Crippen LogP contribution in [-0.4, -0.2) is 39.9 Å². The van der Waals surface area contributed by atoms with E-state index in [9.17, 15) is 0 Å². The highest BCUT2D eigenvalue weighted by Crippen LogP contribution is 2.37. The lowest BCUT2D eigenvalue weighted by Crippen LogP contribution is -1.96. The number of aromatic amines is 2. The van der Waals surface area contributed by atoms with Crippen LogP contribution in [0, 0.1) is 0 Å². The van der Waals surface area contributed by atoms with Gasteiger partial charge in [-0.1, -0.05) is 91.0 Å². The van der Waals surface area contributed by atoms with Crippen molar-refractivity contribution in [2.75, 3.05) is 0 Å². The molecule has 198 valence electrons. The number of benzene rings is 4. The van der Waals surface area contributed by atoms with Crippen LogP contribution in [0.1, 0.15) is 5.56 Å². The number of nitrogens with zero attached hydrogens (tertiary/aromatic N) is 6. The van der Waals surface area contributed by atoms with E-state index in [1.54, 1.807) is 0 Å². The van der Waals surface area contributed by atoms with Crippen molar-refractivity contribution in [2.24, 2.45) is 5.73 Å². The molecule has 4 aromatic carbocycles. The standard InChI is InChI=1S/C33H21N9/c34-16-17-8-7-15-24-25(17)33-41-31-23-14-6-5-13-22(23)29(39-31)37-27-19-10-2-1-9-18(19)26(35-27)36-28-20-11-3-4-12-21(20)30(38-28)40-32(24)42-33/h1-15H,16,34H2,(H2,35,36,37,38,39,40,41,42). The Kier molecular flexibility index (Phi) is 4.70. The number of nitrogens with one attached hydrogen (secondary N) is 2. The molecule has 4 N–H and O–H groups in total. The highest BCUT2D eigenvalue weighted by atomic mass is 15.1. The maximum Gasteiger partial charge on any atom is 0.164 e. The molecule has 5 heterocycles. The van der Waals surface area contributed by atoms with Gasteiger partial charge in [-0.2, -0.15) is 0 Å². The highest BCUT2D eigenvalue weighted by molar-refractivity contribution is 6.07. The Labute approximate surface area is 238 Å². The van der Waals surface area contributed by atoms with Crippen molar-refractivity contribution in [3.63, 3.8) is 0 Å². The minimum absolute atomic E-state index is 0.357. The molecule has 0 fully saturated rings. The van der Waals surface area contributed by atoms with Gasteiger partial charge in [0.15, 0.2) is 23.3 Å². The molecule has 2 aliphatic rings. The van der Waals surface area contributed by atoms with Gasteiger partial charge < -0.3 is 15.7 Å². The molecule has 0 saturated heterocycles. The van der Waals surface area contributed by atoms with Gasteiger partial charge >= 0.3 is 0 Å². The minimum Gasteiger partial charge on any atom is -0.326 e. The molecular formula is C33H21N9. The minimum atomic E-state index is 0.357. The van der Waals surface area contributed by atoms with Gasteiger partial charge in [-0.3, -0.25) is 0 Å². The maximum absolute atomic E-state index is 6.20. The van der Waals surface area contributed by atoms with Crippen LogP contribution < -0.4 is 5.73 Å². The highest BCUT2D eigenvalue weighted by Gasteiger charge is 2.22. The Morgan fingerprint density at radius 2 is 0.833 bits per heavy atom. The van der Waals surface area contributed by atoms with Gasteiger partial charge in [-0.15, -0.1) is 0 Å². The first-order chi connectivity index (χ1) is 20.7. The SMILES string of the molecule is NCc1cccc2c3nc4nc(nc5[nH]c(nc6nc(nc([nH]3)c12)-c1ccccc1-6)c1ccccc51)-c1ccccc1-4. The summed E-state index contributed by atoms with van der Waals surface area (Å²) in [4.78, 5) is 36.9. The number of nitrogens with two attached hydrogens (primary N) is 1. The lowest BCUT2D eigenvalue weighted by atomic mass is 10.1. The predicted octanol–water partition coefficient (Wildman–Crippen LogP) is 6.33. The van der Waals surface area contributed by atoms with Crippen LogP contribution in [0.25, 0.3) is 89.7 Å². The number of fused-ring (bicyclic) bond motifs is 20. The van der Waals surface area contributed by atoms with Crippen molar-refractivity contribution < 1.29 is 0 Å². The number of hydrogen-bond acceptors (Lipinski definition) is 7. The first kappa shape index (κ1) is 23.0. The molecule has 0 unspecified atom stereocenters. The van der Waals surface area contributed by atoms with Crippen molar-refractivity contribution in [3.05, 3.63) is 96.6 Å². The fourth-order valence-electron chi connectivity index (χ4n) is 5.93. The van der Waals surface area contributed by atoms with Gasteiger partial charge in [0.2, 0.25) is 0 Å². The molecule has 0 radical (unpaired) electrons. The Balaban J connectivity index is 1.52. The molecule has 9 rings (SSSR count). The molecule has 8 bridgehead atoms. The van der Waals surface area contributed by atoms with Crippen LogP contribution in [0.4, 0.5) is 0 Å². The predicted molar refractivity (Wildman–Crippen MR) is 164 cm³/mol. The van der Waals surface area contributed by atoms with E-state index in [-0.39, 0.29) is 0 Å². The van der Waals surface area contributed by atoms with Gasteiger partial charge in [-0.25, -0.2) is 29.9 Å². The first-order valence-electron chi connectivity index (χ1n) is 13.7. The maximum atomic E-state index is 6.20. The van der Waals surface area contributed by atoms with Crippen LogP contribution in [0.2, 0.25) is 0 Å². The zero-order chi connectivity index (χ0) is 27.8. The number of H-pyrrole nitrogens is 2. The van der Waals surface area contributed by atoms with E-state index in [1.165, 1.54) is 0 Å². The van der Waals surface area contributed by atoms with Crippen molar-refractivity contribution in [1.29, 1.82) is 0 Å². The summed E-state index contributed by atoms with van der Waals surface area (Å²) in [5.41, 5.74) is 13.4. The molecule has 0 spiro atoms. The van der Waals surface area contributed by atoms with Crippen molar-refractivity contribution >= 4 is 44.1 Å². The zero-order valence-corrected chi connectivity index (χ0v) is 22.1. The topological polar surface area (TPSA) is 135 Å². The normalized spacial score (nSPS) is 12.0. The van der Waals surface area contributed by atoms with E-state index >= 15 is 0 Å². The summed E-state index contributed by atoms with van der Waals surface area (Å²) < 4.78 is 0. The Bertz CT molecular complexity index is 2410. The Morgan fingerprint density at radius 1 is 0.429 bits per heavy atom. The smallest absolute Gasteiger partial charge is 0.164 e. The van der Waals surface area contributed by atoms with Crippen LogP contribution >= 0.6 is 0 Å². The van der Waals surface area contributed by atoms with Gasteiger partial charge in [-0.05, 0) is 5.56 Å². The summed E-state index contributed by atoms with van der Waals surface area (Å²) in [6, 6.07) is 30.1. The van der Waals surface area contributed by atoms with Gasteiger partial charge in [0, 0.05) is 50.3 Å². The lowest BCUT2D eigenvalue weighted by Gasteiger charge is -1.99. The summed E-state index contributed by atoms with van der Waals surface area (Å²) in [5.74, 6) is 2.30. The van der Waals surface area contributed by atoms with E-state index in [0.717, 1.165) is 49.4 Å². The van der Waals surface area contributed by atoms with Crippen LogP contribution in [0.15, 0.2) is 91.0 Å². The molecule has 2 aliphatic heterocycles. The summed E-state index contributed by atoms with van der Waals surface area (Å²) >= 11 is 0. The molecule has 0 saturated carbocycles. The average molecular weight is 544 g/mol. The Hall–Kier alpha value is -5.80. The van der Waals surface area contributed by atoms with Gasteiger partial charge in [0.25, 0.3) is 0 Å². The third kappa shape index (κ3) is 3.28. The van der Waals surface area contributed by atoms with Gasteiger partial charge in [0.05, 0.1) is 0 Å². The molecule has 0 amide bonds. The molecule has 42 heavy (non-hydrogen) atoms. The number of aromatic nitrogens is 8. The second-order valence-corrected chi connectivity index (χ2v) is 10.3. The van der Waals surface area contributed by atoms with Crippen LogP contribution in [-0.2, 0) is 6.54 Å². The van der Waals surface area contributed by atoms with Crippen molar-refractivity contribution in [2.45, 2.75) is 6.54 Å². The lowest BCUT2D eigenvalue weighted by molar-refractivity contribution is 1.09. The molecule has 9 nitrogen and oxygen atoms in total. The van der Waals surface area contributed by atoms with E-state index in [2.05, 4.69) is 9.97 Å². The zero-order valence-electron chi connectivity index (χ0n) is 22.1. The fraction of sp³-hybridized carbons (Fsp3) is 0.0303. The van der Waals surface area contributed by atoms with Crippen LogP contribution in [0.5, 0.6) is 0 Å². The summed E-state index contributed by atoms with van der Waals surface area (Å²) in [6.07, 6.45) is 0. The summed E-state index contributed by atoms with van der Waals surface area (Å²) in [7, 11) is 0. The molecule has 3 aromatic heterocycles. The fourth-order valence-corrected chi connectivity index (χ4v) is 5.93. The molecule has 0 atom stereocenters.